The van der Waals surface area contributed by atoms with E-state index in [1.807, 2.05) is 11.8 Å². The van der Waals surface area contributed by atoms with Crippen LogP contribution in [-0.2, 0) is 0 Å². The zero-order chi connectivity index (χ0) is 14.4. The molecule has 0 aromatic heterocycles. The van der Waals surface area contributed by atoms with E-state index in [1.165, 1.54) is 50.4 Å². The van der Waals surface area contributed by atoms with Gasteiger partial charge in [0.05, 0.1) is 6.54 Å². The smallest absolute Gasteiger partial charge is 0.156 e. The summed E-state index contributed by atoms with van der Waals surface area (Å²) in [5.74, 6) is 1.75. The predicted octanol–water partition coefficient (Wildman–Crippen LogP) is 3.22. The van der Waals surface area contributed by atoms with Gasteiger partial charge in [0, 0.05) is 11.8 Å². The molecule has 1 atom stereocenters. The van der Waals surface area contributed by atoms with E-state index in [0.29, 0.717) is 0 Å². The lowest BCUT2D eigenvalue weighted by atomic mass is 9.94. The van der Waals surface area contributed by atoms with Crippen LogP contribution in [0, 0.1) is 11.8 Å². The van der Waals surface area contributed by atoms with Gasteiger partial charge in [0.25, 0.3) is 0 Å². The second kappa shape index (κ2) is 8.28. The van der Waals surface area contributed by atoms with Crippen LogP contribution in [0.25, 0.3) is 0 Å². The Hall–Kier alpha value is -0.220. The molecule has 2 aliphatic rings. The Kier molecular flexibility index (Phi) is 6.69. The van der Waals surface area contributed by atoms with Gasteiger partial charge in [-0.2, -0.15) is 0 Å². The first-order valence-corrected chi connectivity index (χ1v) is 9.24. The highest BCUT2D eigenvalue weighted by Crippen LogP contribution is 2.30. The van der Waals surface area contributed by atoms with Crippen molar-refractivity contribution in [1.29, 1.82) is 0 Å². The maximum atomic E-state index is 4.69. The lowest BCUT2D eigenvalue weighted by Gasteiger charge is -2.29. The summed E-state index contributed by atoms with van der Waals surface area (Å²) in [6.45, 7) is 9.29. The fourth-order valence-electron chi connectivity index (χ4n) is 3.28. The number of rotatable bonds is 6. The van der Waals surface area contributed by atoms with E-state index in [-0.39, 0.29) is 0 Å². The topological polar surface area (TPSA) is 27.6 Å². The van der Waals surface area contributed by atoms with Gasteiger partial charge in [-0.05, 0) is 51.2 Å². The van der Waals surface area contributed by atoms with Crippen molar-refractivity contribution in [2.45, 2.75) is 51.2 Å². The fraction of sp³-hybridized carbons (Fsp3) is 0.938. The number of aliphatic imine (C=N–C) groups is 1. The molecule has 3 nitrogen and oxygen atoms in total. The number of hydrogen-bond acceptors (Lipinski definition) is 4. The zero-order valence-electron chi connectivity index (χ0n) is 13.4. The summed E-state index contributed by atoms with van der Waals surface area (Å²) in [6.07, 6.45) is 6.62. The van der Waals surface area contributed by atoms with Crippen LogP contribution in [-0.4, -0.2) is 48.5 Å². The summed E-state index contributed by atoms with van der Waals surface area (Å²) in [4.78, 5) is 7.13. The van der Waals surface area contributed by atoms with E-state index in [2.05, 4.69) is 36.1 Å². The summed E-state index contributed by atoms with van der Waals surface area (Å²) in [5, 5.41) is 5.49. The van der Waals surface area contributed by atoms with Gasteiger partial charge in [-0.15, -0.1) is 0 Å². The van der Waals surface area contributed by atoms with Gasteiger partial charge in [-0.3, -0.25) is 4.99 Å². The Balaban J connectivity index is 1.61. The van der Waals surface area contributed by atoms with Crippen LogP contribution in [0.2, 0.25) is 0 Å². The maximum absolute atomic E-state index is 4.69. The van der Waals surface area contributed by atoms with Crippen molar-refractivity contribution >= 4 is 16.9 Å². The number of likely N-dealkylation sites (tertiary alicyclic amines) is 1. The largest absolute Gasteiger partial charge is 0.365 e. The van der Waals surface area contributed by atoms with Crippen LogP contribution in [0.4, 0.5) is 0 Å². The number of thioether (sulfide) groups is 1. The highest BCUT2D eigenvalue weighted by atomic mass is 32.2. The van der Waals surface area contributed by atoms with Crippen LogP contribution < -0.4 is 5.32 Å². The Morgan fingerprint density at radius 2 is 2.00 bits per heavy atom. The lowest BCUT2D eigenvalue weighted by Crippen LogP contribution is -2.32. The molecular weight excluding hydrogens is 266 g/mol. The second-order valence-corrected chi connectivity index (χ2v) is 7.57. The number of hydrogen-bond donors (Lipinski definition) is 1. The lowest BCUT2D eigenvalue weighted by molar-refractivity contribution is 0.213. The Morgan fingerprint density at radius 3 is 2.65 bits per heavy atom. The van der Waals surface area contributed by atoms with Crippen molar-refractivity contribution in [2.24, 2.45) is 16.8 Å². The molecule has 1 fully saturated rings. The molecule has 116 valence electrons. The number of piperidine rings is 1. The maximum Gasteiger partial charge on any atom is 0.156 e. The van der Waals surface area contributed by atoms with Gasteiger partial charge >= 0.3 is 0 Å². The molecule has 2 rings (SSSR count). The molecule has 1 unspecified atom stereocenters. The second-order valence-electron chi connectivity index (χ2n) is 6.34. The standard InChI is InChI=1S/C16H31N3S/c1-4-14(5-2)15-12-18-16(20-15)17-9-6-13-7-10-19(3)11-8-13/h13-15H,4-12H2,1-3H3,(H,17,18). The predicted molar refractivity (Wildman–Crippen MR) is 90.6 cm³/mol. The SMILES string of the molecule is CCC(CC)C1CN=C(NCCC2CCN(C)CC2)S1. The van der Waals surface area contributed by atoms with Gasteiger partial charge in [-0.1, -0.05) is 38.5 Å². The quantitative estimate of drug-likeness (QED) is 0.816. The van der Waals surface area contributed by atoms with Crippen molar-refractivity contribution < 1.29 is 0 Å². The van der Waals surface area contributed by atoms with Gasteiger partial charge in [0.15, 0.2) is 5.17 Å². The molecule has 0 aromatic carbocycles. The third-order valence-electron chi connectivity index (χ3n) is 4.92. The van der Waals surface area contributed by atoms with E-state index < -0.39 is 0 Å². The van der Waals surface area contributed by atoms with E-state index in [1.54, 1.807) is 0 Å². The minimum atomic E-state index is 0.718. The Morgan fingerprint density at radius 1 is 1.30 bits per heavy atom. The average Bonchev–Trinajstić information content (AvgIpc) is 2.91. The summed E-state index contributed by atoms with van der Waals surface area (Å²) in [6, 6.07) is 0. The molecule has 2 aliphatic heterocycles. The van der Waals surface area contributed by atoms with E-state index in [0.717, 1.165) is 30.2 Å². The van der Waals surface area contributed by atoms with Crippen LogP contribution >= 0.6 is 11.8 Å². The first kappa shape index (κ1) is 16.2. The monoisotopic (exact) mass is 297 g/mol. The molecule has 0 aliphatic carbocycles. The van der Waals surface area contributed by atoms with Gasteiger partial charge in [0.2, 0.25) is 0 Å². The van der Waals surface area contributed by atoms with Gasteiger partial charge in [-0.25, -0.2) is 0 Å². The third kappa shape index (κ3) is 4.66. The zero-order valence-corrected chi connectivity index (χ0v) is 14.2. The molecule has 20 heavy (non-hydrogen) atoms. The van der Waals surface area contributed by atoms with E-state index in [4.69, 9.17) is 0 Å². The highest BCUT2D eigenvalue weighted by molar-refractivity contribution is 8.14. The average molecular weight is 298 g/mol. The van der Waals surface area contributed by atoms with E-state index >= 15 is 0 Å². The normalized spacial score (nSPS) is 25.2. The Labute approximate surface area is 129 Å². The van der Waals surface area contributed by atoms with Crippen molar-refractivity contribution in [3.8, 4) is 0 Å². The molecule has 0 saturated carbocycles. The minimum absolute atomic E-state index is 0.718. The van der Waals surface area contributed by atoms with Crippen LogP contribution in [0.3, 0.4) is 0 Å². The van der Waals surface area contributed by atoms with Crippen molar-refractivity contribution in [3.63, 3.8) is 0 Å². The third-order valence-corrected chi connectivity index (χ3v) is 6.25. The van der Waals surface area contributed by atoms with Crippen molar-refractivity contribution in [2.75, 3.05) is 33.2 Å². The molecule has 0 aromatic rings. The summed E-state index contributed by atoms with van der Waals surface area (Å²) in [5.41, 5.74) is 0. The van der Waals surface area contributed by atoms with Crippen molar-refractivity contribution in [3.05, 3.63) is 0 Å². The summed E-state index contributed by atoms with van der Waals surface area (Å²) >= 11 is 1.99. The molecule has 0 bridgehead atoms. The molecule has 1 N–H and O–H groups in total. The molecule has 0 radical (unpaired) electrons. The molecule has 0 spiro atoms. The number of amidine groups is 1. The molecular formula is C16H31N3S. The number of nitrogens with one attached hydrogen (secondary N) is 1. The molecule has 0 amide bonds. The van der Waals surface area contributed by atoms with Crippen LogP contribution in [0.1, 0.15) is 46.0 Å². The van der Waals surface area contributed by atoms with Crippen molar-refractivity contribution in [1.82, 2.24) is 10.2 Å². The fourth-order valence-corrected chi connectivity index (χ4v) is 4.63. The first-order valence-electron chi connectivity index (χ1n) is 8.36. The highest BCUT2D eigenvalue weighted by Gasteiger charge is 2.25. The Bertz CT molecular complexity index is 307. The van der Waals surface area contributed by atoms with Gasteiger partial charge < -0.3 is 10.2 Å². The van der Waals surface area contributed by atoms with Crippen LogP contribution in [0.5, 0.6) is 0 Å². The molecule has 4 heteroatoms. The first-order chi connectivity index (χ1) is 9.72. The van der Waals surface area contributed by atoms with E-state index in [9.17, 15) is 0 Å². The minimum Gasteiger partial charge on any atom is -0.365 e. The summed E-state index contributed by atoms with van der Waals surface area (Å²) < 4.78 is 0. The van der Waals surface area contributed by atoms with Gasteiger partial charge in [0.1, 0.15) is 0 Å². The van der Waals surface area contributed by atoms with Crippen LogP contribution in [0.15, 0.2) is 4.99 Å². The number of nitrogens with zero attached hydrogens (tertiary/aromatic N) is 2. The molecule has 2 heterocycles. The summed E-state index contributed by atoms with van der Waals surface area (Å²) in [7, 11) is 2.23. The molecule has 1 saturated heterocycles.